The minimum Gasteiger partial charge on any atom is -0.338 e. The van der Waals surface area contributed by atoms with E-state index in [-0.39, 0.29) is 0 Å². The van der Waals surface area contributed by atoms with Crippen LogP contribution in [-0.4, -0.2) is 9.97 Å². The third-order valence-electron chi connectivity index (χ3n) is 3.27. The third kappa shape index (κ3) is 2.43. The summed E-state index contributed by atoms with van der Waals surface area (Å²) in [6.07, 6.45) is 2.95. The van der Waals surface area contributed by atoms with E-state index in [1.54, 1.807) is 0 Å². The van der Waals surface area contributed by atoms with Gasteiger partial charge < -0.3 is 4.98 Å². The lowest BCUT2D eigenvalue weighted by Gasteiger charge is -2.01. The van der Waals surface area contributed by atoms with Gasteiger partial charge in [0.15, 0.2) is 0 Å². The average molecular weight is 248 g/mol. The maximum absolute atomic E-state index is 4.46. The zero-order valence-corrected chi connectivity index (χ0v) is 10.9. The summed E-state index contributed by atoms with van der Waals surface area (Å²) >= 11 is 0. The van der Waals surface area contributed by atoms with Crippen LogP contribution in [0.25, 0.3) is 22.6 Å². The Labute approximate surface area is 113 Å². The lowest BCUT2D eigenvalue weighted by atomic mass is 10.1. The highest BCUT2D eigenvalue weighted by molar-refractivity contribution is 5.64. The normalized spacial score (nSPS) is 10.6. The Balaban J connectivity index is 1.97. The van der Waals surface area contributed by atoms with E-state index in [2.05, 4.69) is 53.3 Å². The van der Waals surface area contributed by atoms with Crippen molar-refractivity contribution >= 4 is 0 Å². The number of imidazole rings is 1. The summed E-state index contributed by atoms with van der Waals surface area (Å²) in [7, 11) is 0. The number of hydrogen-bond donors (Lipinski definition) is 1. The summed E-state index contributed by atoms with van der Waals surface area (Å²) < 4.78 is 0. The minimum absolute atomic E-state index is 0.914. The summed E-state index contributed by atoms with van der Waals surface area (Å²) in [5.74, 6) is 0.914. The summed E-state index contributed by atoms with van der Waals surface area (Å²) in [5.41, 5.74) is 4.71. The monoisotopic (exact) mass is 248 g/mol. The van der Waals surface area contributed by atoms with Crippen molar-refractivity contribution in [2.75, 3.05) is 0 Å². The number of nitrogens with zero attached hydrogens (tertiary/aromatic N) is 1. The maximum atomic E-state index is 4.46. The number of aryl methyl sites for hydroxylation is 1. The van der Waals surface area contributed by atoms with Gasteiger partial charge in [0, 0.05) is 5.56 Å². The molecule has 19 heavy (non-hydrogen) atoms. The molecular weight excluding hydrogens is 232 g/mol. The van der Waals surface area contributed by atoms with Crippen LogP contribution in [0.5, 0.6) is 0 Å². The zero-order valence-electron chi connectivity index (χ0n) is 10.9. The second-order valence-electron chi connectivity index (χ2n) is 4.57. The quantitative estimate of drug-likeness (QED) is 0.735. The Morgan fingerprint density at radius 2 is 1.74 bits per heavy atom. The van der Waals surface area contributed by atoms with Gasteiger partial charge >= 0.3 is 0 Å². The molecule has 1 aromatic heterocycles. The van der Waals surface area contributed by atoms with Gasteiger partial charge in [-0.25, -0.2) is 4.98 Å². The van der Waals surface area contributed by atoms with E-state index >= 15 is 0 Å². The van der Waals surface area contributed by atoms with Crippen LogP contribution in [0.4, 0.5) is 0 Å². The Hall–Kier alpha value is -2.35. The van der Waals surface area contributed by atoms with Crippen molar-refractivity contribution in [1.82, 2.24) is 9.97 Å². The molecule has 0 unspecified atom stereocenters. The van der Waals surface area contributed by atoms with E-state index < -0.39 is 0 Å². The molecule has 0 saturated heterocycles. The molecule has 2 aromatic carbocycles. The van der Waals surface area contributed by atoms with Gasteiger partial charge in [-0.05, 0) is 23.6 Å². The van der Waals surface area contributed by atoms with E-state index in [4.69, 9.17) is 0 Å². The fraction of sp³-hybridized carbons (Fsp3) is 0.118. The van der Waals surface area contributed by atoms with Crippen molar-refractivity contribution < 1.29 is 0 Å². The SMILES string of the molecule is CCc1cccc(-c2cnc(-c3ccccc3)[nH]2)c1. The van der Waals surface area contributed by atoms with Crippen molar-refractivity contribution in [2.24, 2.45) is 0 Å². The number of benzene rings is 2. The molecule has 2 nitrogen and oxygen atoms in total. The molecule has 94 valence electrons. The predicted octanol–water partition coefficient (Wildman–Crippen LogP) is 4.31. The van der Waals surface area contributed by atoms with Crippen LogP contribution < -0.4 is 0 Å². The molecule has 3 rings (SSSR count). The van der Waals surface area contributed by atoms with Crippen LogP contribution in [0, 0.1) is 0 Å². The minimum atomic E-state index is 0.914. The van der Waals surface area contributed by atoms with Crippen molar-refractivity contribution in [3.63, 3.8) is 0 Å². The number of aromatic nitrogens is 2. The van der Waals surface area contributed by atoms with Gasteiger partial charge in [0.2, 0.25) is 0 Å². The van der Waals surface area contributed by atoms with Gasteiger partial charge in [0.25, 0.3) is 0 Å². The highest BCUT2D eigenvalue weighted by Gasteiger charge is 2.05. The van der Waals surface area contributed by atoms with Gasteiger partial charge in [-0.2, -0.15) is 0 Å². The maximum Gasteiger partial charge on any atom is 0.137 e. The number of H-pyrrole nitrogens is 1. The van der Waals surface area contributed by atoms with Crippen LogP contribution in [0.15, 0.2) is 60.8 Å². The summed E-state index contributed by atoms with van der Waals surface area (Å²) in [6.45, 7) is 2.17. The lowest BCUT2D eigenvalue weighted by Crippen LogP contribution is -1.83. The van der Waals surface area contributed by atoms with Crippen molar-refractivity contribution in [1.29, 1.82) is 0 Å². The molecule has 2 heteroatoms. The highest BCUT2D eigenvalue weighted by atomic mass is 14.9. The molecule has 0 aliphatic carbocycles. The lowest BCUT2D eigenvalue weighted by molar-refractivity contribution is 1.14. The summed E-state index contributed by atoms with van der Waals surface area (Å²) in [5, 5.41) is 0. The van der Waals surface area contributed by atoms with Crippen LogP contribution >= 0.6 is 0 Å². The van der Waals surface area contributed by atoms with Crippen molar-refractivity contribution in [2.45, 2.75) is 13.3 Å². The predicted molar refractivity (Wildman–Crippen MR) is 78.8 cm³/mol. The Bertz CT molecular complexity index is 668. The summed E-state index contributed by atoms with van der Waals surface area (Å²) in [4.78, 5) is 7.85. The molecule has 3 aromatic rings. The molecule has 0 bridgehead atoms. The van der Waals surface area contributed by atoms with Crippen molar-refractivity contribution in [3.05, 3.63) is 66.4 Å². The molecule has 0 aliphatic heterocycles. The number of aromatic amines is 1. The van der Waals surface area contributed by atoms with Gasteiger partial charge in [-0.1, -0.05) is 55.5 Å². The number of nitrogens with one attached hydrogen (secondary N) is 1. The Morgan fingerprint density at radius 1 is 0.947 bits per heavy atom. The number of rotatable bonds is 3. The summed E-state index contributed by atoms with van der Waals surface area (Å²) in [6, 6.07) is 18.7. The topological polar surface area (TPSA) is 28.7 Å². The second kappa shape index (κ2) is 5.11. The number of hydrogen-bond acceptors (Lipinski definition) is 1. The van der Waals surface area contributed by atoms with E-state index in [0.717, 1.165) is 23.5 Å². The smallest absolute Gasteiger partial charge is 0.137 e. The fourth-order valence-electron chi connectivity index (χ4n) is 2.17. The van der Waals surface area contributed by atoms with Crippen LogP contribution in [0.2, 0.25) is 0 Å². The molecule has 1 heterocycles. The Morgan fingerprint density at radius 3 is 2.53 bits per heavy atom. The van der Waals surface area contributed by atoms with Crippen LogP contribution in [0.3, 0.4) is 0 Å². The first-order chi connectivity index (χ1) is 9.36. The van der Waals surface area contributed by atoms with E-state index in [1.807, 2.05) is 24.4 Å². The van der Waals surface area contributed by atoms with Crippen molar-refractivity contribution in [3.8, 4) is 22.6 Å². The first-order valence-corrected chi connectivity index (χ1v) is 6.56. The van der Waals surface area contributed by atoms with Crippen LogP contribution in [0.1, 0.15) is 12.5 Å². The molecule has 1 N–H and O–H groups in total. The molecule has 0 atom stereocenters. The van der Waals surface area contributed by atoms with Gasteiger partial charge in [-0.3, -0.25) is 0 Å². The first kappa shape index (κ1) is 11.7. The van der Waals surface area contributed by atoms with E-state index in [1.165, 1.54) is 11.1 Å². The van der Waals surface area contributed by atoms with E-state index in [0.29, 0.717) is 0 Å². The molecule has 0 spiro atoms. The Kier molecular flexibility index (Phi) is 3.15. The molecule has 0 radical (unpaired) electrons. The standard InChI is InChI=1S/C17H16N2/c1-2-13-7-6-10-15(11-13)16-12-18-17(19-16)14-8-4-3-5-9-14/h3-12H,2H2,1H3,(H,18,19). The largest absolute Gasteiger partial charge is 0.338 e. The van der Waals surface area contributed by atoms with Gasteiger partial charge in [0.1, 0.15) is 5.82 Å². The first-order valence-electron chi connectivity index (χ1n) is 6.56. The fourth-order valence-corrected chi connectivity index (χ4v) is 2.17. The average Bonchev–Trinajstić information content (AvgIpc) is 2.98. The molecule has 0 saturated carbocycles. The molecule has 0 fully saturated rings. The van der Waals surface area contributed by atoms with E-state index in [9.17, 15) is 0 Å². The molecule has 0 amide bonds. The third-order valence-corrected chi connectivity index (χ3v) is 3.27. The highest BCUT2D eigenvalue weighted by Crippen LogP contribution is 2.22. The molecular formula is C17H16N2. The van der Waals surface area contributed by atoms with Crippen LogP contribution in [-0.2, 0) is 6.42 Å². The van der Waals surface area contributed by atoms with Gasteiger partial charge in [0.05, 0.1) is 11.9 Å². The molecule has 0 aliphatic rings. The zero-order chi connectivity index (χ0) is 13.1. The second-order valence-corrected chi connectivity index (χ2v) is 4.57. The van der Waals surface area contributed by atoms with Gasteiger partial charge in [-0.15, -0.1) is 0 Å².